The number of nitrogens with one attached hydrogen (secondary N) is 1. The summed E-state index contributed by atoms with van der Waals surface area (Å²) in [5.74, 6) is 5.74. The summed E-state index contributed by atoms with van der Waals surface area (Å²) in [6.07, 6.45) is 3.81. The smallest absolute Gasteiger partial charge is 0.362 e. The largest absolute Gasteiger partial charge is 0.476 e. The molecule has 0 unspecified atom stereocenters. The van der Waals surface area contributed by atoms with Crippen LogP contribution in [0.4, 0.5) is 0 Å². The summed E-state index contributed by atoms with van der Waals surface area (Å²) in [6.45, 7) is 0. The normalized spacial score (nSPS) is 13.4. The molecule has 2 aromatic heterocycles. The first kappa shape index (κ1) is 12.2. The number of nitrogens with zero attached hydrogens (tertiary/aromatic N) is 3. The molecule has 20 heavy (non-hydrogen) atoms. The lowest BCUT2D eigenvalue weighted by Gasteiger charge is -2.02. The van der Waals surface area contributed by atoms with Gasteiger partial charge in [0.25, 0.3) is 5.88 Å². The van der Waals surface area contributed by atoms with Gasteiger partial charge in [-0.3, -0.25) is 0 Å². The van der Waals surface area contributed by atoms with Gasteiger partial charge in [-0.25, -0.2) is 14.9 Å². The molecule has 100 valence electrons. The summed E-state index contributed by atoms with van der Waals surface area (Å²) in [4.78, 5) is 15.0. The molecule has 0 amide bonds. The van der Waals surface area contributed by atoms with Crippen molar-refractivity contribution in [1.29, 1.82) is 0 Å². The number of pyridine rings is 1. The Hall–Kier alpha value is -2.88. The highest BCUT2D eigenvalue weighted by Gasteiger charge is 2.18. The minimum atomic E-state index is -1.21. The number of carbonyl (C=O) groups is 1. The third kappa shape index (κ3) is 2.75. The molecule has 1 fully saturated rings. The van der Waals surface area contributed by atoms with Crippen LogP contribution in [0.2, 0.25) is 0 Å². The first-order valence-electron chi connectivity index (χ1n) is 6.02. The zero-order valence-electron chi connectivity index (χ0n) is 10.3. The number of carboxylic acids is 1. The van der Waals surface area contributed by atoms with E-state index in [0.717, 1.165) is 0 Å². The molecule has 0 spiro atoms. The van der Waals surface area contributed by atoms with Gasteiger partial charge in [-0.1, -0.05) is 11.1 Å². The molecule has 3 rings (SSSR count). The van der Waals surface area contributed by atoms with Crippen molar-refractivity contribution < 1.29 is 14.6 Å². The summed E-state index contributed by atoms with van der Waals surface area (Å²) in [5.41, 5.74) is 0.382. The molecule has 0 radical (unpaired) electrons. The molecule has 1 aliphatic rings. The van der Waals surface area contributed by atoms with Crippen LogP contribution in [0.1, 0.15) is 29.0 Å². The molecule has 0 aliphatic heterocycles. The Morgan fingerprint density at radius 3 is 2.95 bits per heavy atom. The van der Waals surface area contributed by atoms with E-state index < -0.39 is 5.97 Å². The van der Waals surface area contributed by atoms with Crippen LogP contribution in [0.15, 0.2) is 18.3 Å². The maximum atomic E-state index is 10.8. The van der Waals surface area contributed by atoms with E-state index in [1.807, 2.05) is 0 Å². The molecular weight excluding hydrogens is 260 g/mol. The average molecular weight is 270 g/mol. The Balaban J connectivity index is 1.73. The quantitative estimate of drug-likeness (QED) is 0.818. The Bertz CT molecular complexity index is 692. The Morgan fingerprint density at radius 1 is 1.45 bits per heavy atom. The van der Waals surface area contributed by atoms with Crippen molar-refractivity contribution in [3.8, 4) is 23.5 Å². The molecular formula is C13H10N4O3. The first-order chi connectivity index (χ1) is 9.72. The van der Waals surface area contributed by atoms with Crippen molar-refractivity contribution in [3.63, 3.8) is 0 Å². The first-order valence-corrected chi connectivity index (χ1v) is 6.02. The van der Waals surface area contributed by atoms with Gasteiger partial charge in [0.15, 0.2) is 0 Å². The highest BCUT2D eigenvalue weighted by atomic mass is 16.5. The Labute approximate surface area is 114 Å². The molecule has 2 N–H and O–H groups in total. The summed E-state index contributed by atoms with van der Waals surface area (Å²) in [7, 11) is 0. The molecule has 0 bridgehead atoms. The second-order valence-electron chi connectivity index (χ2n) is 4.32. The molecule has 2 heterocycles. The van der Waals surface area contributed by atoms with E-state index in [1.54, 1.807) is 12.1 Å². The van der Waals surface area contributed by atoms with Crippen molar-refractivity contribution in [2.45, 2.75) is 12.8 Å². The Morgan fingerprint density at radius 2 is 2.30 bits per heavy atom. The number of H-pyrrole nitrogens is 1. The number of hydrogen-bond acceptors (Lipinski definition) is 5. The lowest BCUT2D eigenvalue weighted by atomic mass is 10.3. The van der Waals surface area contributed by atoms with E-state index in [2.05, 4.69) is 32.2 Å². The van der Waals surface area contributed by atoms with E-state index in [1.165, 1.54) is 19.0 Å². The van der Waals surface area contributed by atoms with Crippen LogP contribution in [0.25, 0.3) is 0 Å². The number of hydrogen-bond donors (Lipinski definition) is 2. The van der Waals surface area contributed by atoms with Crippen molar-refractivity contribution in [2.24, 2.45) is 5.92 Å². The summed E-state index contributed by atoms with van der Waals surface area (Å²) in [5, 5.41) is 18.0. The van der Waals surface area contributed by atoms with E-state index in [-0.39, 0.29) is 11.6 Å². The fraction of sp³-hybridized carbons (Fsp3) is 0.231. The number of aromatic carboxylic acids is 1. The number of ether oxygens (including phenoxy) is 1. The summed E-state index contributed by atoms with van der Waals surface area (Å²) >= 11 is 0. The molecule has 7 nitrogen and oxygen atoms in total. The van der Waals surface area contributed by atoms with Crippen LogP contribution in [-0.2, 0) is 0 Å². The molecule has 2 aromatic rings. The fourth-order valence-electron chi connectivity index (χ4n) is 1.47. The zero-order chi connectivity index (χ0) is 13.9. The lowest BCUT2D eigenvalue weighted by Crippen LogP contribution is -1.99. The van der Waals surface area contributed by atoms with Gasteiger partial charge in [0.05, 0.1) is 6.20 Å². The van der Waals surface area contributed by atoms with Crippen LogP contribution in [0.5, 0.6) is 11.6 Å². The zero-order valence-corrected chi connectivity index (χ0v) is 10.3. The molecule has 0 atom stereocenters. The maximum absolute atomic E-state index is 10.8. The van der Waals surface area contributed by atoms with Gasteiger partial charge in [0, 0.05) is 5.92 Å². The van der Waals surface area contributed by atoms with Crippen LogP contribution in [0, 0.1) is 17.8 Å². The third-order valence-corrected chi connectivity index (χ3v) is 2.66. The van der Waals surface area contributed by atoms with Crippen molar-refractivity contribution in [3.05, 3.63) is 29.7 Å². The number of carboxylic acid groups (broad SMARTS) is 1. The molecule has 7 heteroatoms. The monoisotopic (exact) mass is 270 g/mol. The van der Waals surface area contributed by atoms with Gasteiger partial charge < -0.3 is 9.84 Å². The van der Waals surface area contributed by atoms with Crippen LogP contribution >= 0.6 is 0 Å². The average Bonchev–Trinajstić information content (AvgIpc) is 3.16. The SMILES string of the molecule is O=C(O)c1nn[nH]c1Oc1ccc(C#CC2CC2)nc1. The number of aromatic nitrogens is 4. The molecule has 1 saturated carbocycles. The summed E-state index contributed by atoms with van der Waals surface area (Å²) in [6, 6.07) is 3.38. The predicted molar refractivity (Wildman–Crippen MR) is 67.3 cm³/mol. The lowest BCUT2D eigenvalue weighted by molar-refractivity contribution is 0.0687. The van der Waals surface area contributed by atoms with E-state index in [4.69, 9.17) is 9.84 Å². The van der Waals surface area contributed by atoms with Gasteiger partial charge in [0.2, 0.25) is 5.69 Å². The minimum absolute atomic E-state index is 0.0314. The van der Waals surface area contributed by atoms with E-state index >= 15 is 0 Å². The highest BCUT2D eigenvalue weighted by molar-refractivity contribution is 5.87. The van der Waals surface area contributed by atoms with Crippen LogP contribution < -0.4 is 4.74 Å². The standard InChI is InChI=1S/C13H10N4O3/c18-13(19)11-12(16-17-15-11)20-10-6-5-9(14-7-10)4-3-8-1-2-8/h5-8H,1-2H2,(H,18,19)(H,15,16,17). The highest BCUT2D eigenvalue weighted by Crippen LogP contribution is 2.27. The van der Waals surface area contributed by atoms with Crippen LogP contribution in [0.3, 0.4) is 0 Å². The topological polar surface area (TPSA) is 101 Å². The van der Waals surface area contributed by atoms with Crippen molar-refractivity contribution in [2.75, 3.05) is 0 Å². The summed E-state index contributed by atoms with van der Waals surface area (Å²) < 4.78 is 5.33. The van der Waals surface area contributed by atoms with Gasteiger partial charge in [-0.2, -0.15) is 0 Å². The van der Waals surface area contributed by atoms with Gasteiger partial charge >= 0.3 is 5.97 Å². The van der Waals surface area contributed by atoms with E-state index in [9.17, 15) is 4.79 Å². The van der Waals surface area contributed by atoms with Gasteiger partial charge in [0.1, 0.15) is 11.4 Å². The molecule has 1 aliphatic carbocycles. The van der Waals surface area contributed by atoms with E-state index in [0.29, 0.717) is 17.4 Å². The Kier molecular flexibility index (Phi) is 3.05. The minimum Gasteiger partial charge on any atom is -0.476 e. The van der Waals surface area contributed by atoms with Crippen LogP contribution in [-0.4, -0.2) is 31.5 Å². The molecule has 0 saturated heterocycles. The second kappa shape index (κ2) is 5.01. The predicted octanol–water partition coefficient (Wildman–Crippen LogP) is 1.45. The second-order valence-corrected chi connectivity index (χ2v) is 4.32. The number of aromatic amines is 1. The third-order valence-electron chi connectivity index (χ3n) is 2.66. The number of rotatable bonds is 3. The fourth-order valence-corrected chi connectivity index (χ4v) is 1.47. The van der Waals surface area contributed by atoms with Crippen molar-refractivity contribution >= 4 is 5.97 Å². The van der Waals surface area contributed by atoms with Gasteiger partial charge in [-0.15, -0.1) is 5.10 Å². The maximum Gasteiger partial charge on any atom is 0.362 e. The molecule has 0 aromatic carbocycles. The van der Waals surface area contributed by atoms with Crippen molar-refractivity contribution in [1.82, 2.24) is 20.4 Å². The van der Waals surface area contributed by atoms with Gasteiger partial charge in [-0.05, 0) is 30.9 Å².